The molecule has 1 aliphatic carbocycles. The summed E-state index contributed by atoms with van der Waals surface area (Å²) in [5.74, 6) is 0.622. The Labute approximate surface area is 268 Å². The van der Waals surface area contributed by atoms with Crippen molar-refractivity contribution in [2.45, 2.75) is 40.0 Å². The van der Waals surface area contributed by atoms with Crippen LogP contribution in [0.25, 0.3) is 82.5 Å². The van der Waals surface area contributed by atoms with Crippen LogP contribution in [0.5, 0.6) is 0 Å². The van der Waals surface area contributed by atoms with Gasteiger partial charge in [0.05, 0.1) is 34.0 Å². The number of benzene rings is 6. The molecular formula is C43H35N3. The lowest BCUT2D eigenvalue weighted by Crippen LogP contribution is -2.05. The number of fused-ring (bicyclic) bond motifs is 9. The average molecular weight is 594 g/mol. The molecule has 0 N–H and O–H groups in total. The highest BCUT2D eigenvalue weighted by Gasteiger charge is 2.18. The maximum absolute atomic E-state index is 5.24. The first kappa shape index (κ1) is 27.1. The largest absolute Gasteiger partial charge is 0.313 e. The Kier molecular flexibility index (Phi) is 6.11. The first-order chi connectivity index (χ1) is 22.5. The van der Waals surface area contributed by atoms with Gasteiger partial charge in [-0.15, -0.1) is 0 Å². The van der Waals surface area contributed by atoms with Gasteiger partial charge in [0.2, 0.25) is 0 Å². The molecule has 0 spiro atoms. The molecule has 0 saturated carbocycles. The first-order valence-corrected chi connectivity index (χ1v) is 16.5. The van der Waals surface area contributed by atoms with Crippen LogP contribution in [0.3, 0.4) is 0 Å². The van der Waals surface area contributed by atoms with E-state index >= 15 is 0 Å². The minimum Gasteiger partial charge on any atom is -0.313 e. The number of aromatic nitrogens is 3. The van der Waals surface area contributed by atoms with Gasteiger partial charge in [-0.25, -0.2) is 4.98 Å². The van der Waals surface area contributed by atoms with Gasteiger partial charge >= 0.3 is 0 Å². The van der Waals surface area contributed by atoms with Crippen molar-refractivity contribution in [3.8, 4) is 22.4 Å². The molecule has 1 unspecified atom stereocenters. The Bertz CT molecular complexity index is 2530. The molecule has 3 nitrogen and oxygen atoms in total. The van der Waals surface area contributed by atoms with Crippen molar-refractivity contribution in [2.24, 2.45) is 5.92 Å². The predicted octanol–water partition coefficient (Wildman–Crippen LogP) is 11.7. The second-order valence-electron chi connectivity index (χ2n) is 13.2. The Hall–Kier alpha value is -5.28. The van der Waals surface area contributed by atoms with Crippen molar-refractivity contribution in [1.82, 2.24) is 14.5 Å². The smallest absolute Gasteiger partial charge is 0.0979 e. The van der Waals surface area contributed by atoms with Crippen LogP contribution in [0.1, 0.15) is 37.3 Å². The van der Waals surface area contributed by atoms with E-state index in [1.54, 1.807) is 0 Å². The van der Waals surface area contributed by atoms with E-state index in [0.717, 1.165) is 39.5 Å². The van der Waals surface area contributed by atoms with Crippen LogP contribution in [0.2, 0.25) is 0 Å². The summed E-state index contributed by atoms with van der Waals surface area (Å²) in [6.07, 6.45) is 8.06. The molecular weight excluding hydrogens is 558 g/mol. The van der Waals surface area contributed by atoms with Crippen molar-refractivity contribution >= 4 is 60.1 Å². The lowest BCUT2D eigenvalue weighted by atomic mass is 9.95. The van der Waals surface area contributed by atoms with Gasteiger partial charge in [0.25, 0.3) is 0 Å². The highest BCUT2D eigenvalue weighted by Crippen LogP contribution is 2.39. The minimum absolute atomic E-state index is 0.622. The summed E-state index contributed by atoms with van der Waals surface area (Å²) in [6.45, 7) is 6.64. The molecule has 1 aliphatic rings. The summed E-state index contributed by atoms with van der Waals surface area (Å²) in [7, 11) is 0. The average Bonchev–Trinajstić information content (AvgIpc) is 3.42. The molecule has 3 heteroatoms. The number of hydrogen-bond acceptors (Lipinski definition) is 2. The zero-order valence-electron chi connectivity index (χ0n) is 26.5. The normalized spacial score (nSPS) is 15.4. The maximum atomic E-state index is 5.24. The van der Waals surface area contributed by atoms with E-state index in [1.165, 1.54) is 73.4 Å². The van der Waals surface area contributed by atoms with Crippen LogP contribution in [0.4, 0.5) is 0 Å². The Morgan fingerprint density at radius 3 is 2.04 bits per heavy atom. The van der Waals surface area contributed by atoms with E-state index in [2.05, 4.69) is 135 Å². The van der Waals surface area contributed by atoms with E-state index < -0.39 is 0 Å². The summed E-state index contributed by atoms with van der Waals surface area (Å²) in [6, 6.07) is 37.9. The predicted molar refractivity (Wildman–Crippen MR) is 195 cm³/mol. The van der Waals surface area contributed by atoms with E-state index in [1.807, 2.05) is 6.20 Å². The SMILES string of the molecule is Cc1ccc2c(c1)c1cc(C)ccc1c1nc(-c3ccc(-c4ccc5c(c4)c4ccccc4n5C4=CC(C)CCC4)cc3)cnc21. The van der Waals surface area contributed by atoms with Crippen molar-refractivity contribution in [3.05, 3.63) is 127 Å². The number of nitrogens with zero attached hydrogens (tertiary/aromatic N) is 3. The molecule has 9 rings (SSSR count). The van der Waals surface area contributed by atoms with Crippen LogP contribution in [0, 0.1) is 19.8 Å². The summed E-state index contributed by atoms with van der Waals surface area (Å²) in [5, 5.41) is 7.39. The molecule has 0 radical (unpaired) electrons. The summed E-state index contributed by atoms with van der Waals surface area (Å²) < 4.78 is 2.50. The van der Waals surface area contributed by atoms with E-state index in [9.17, 15) is 0 Å². The second kappa shape index (κ2) is 10.4. The quantitative estimate of drug-likeness (QED) is 0.191. The minimum atomic E-state index is 0.622. The maximum Gasteiger partial charge on any atom is 0.0979 e. The fourth-order valence-corrected chi connectivity index (χ4v) is 7.67. The number of para-hydroxylation sites is 1. The third-order valence-electron chi connectivity index (χ3n) is 9.97. The molecule has 222 valence electrons. The number of hydrogen-bond donors (Lipinski definition) is 0. The highest BCUT2D eigenvalue weighted by atomic mass is 15.0. The summed E-state index contributed by atoms with van der Waals surface area (Å²) >= 11 is 0. The van der Waals surface area contributed by atoms with E-state index in [-0.39, 0.29) is 0 Å². The monoisotopic (exact) mass is 593 g/mol. The van der Waals surface area contributed by atoms with Gasteiger partial charge in [0.15, 0.2) is 0 Å². The lowest BCUT2D eigenvalue weighted by Gasteiger charge is -2.20. The van der Waals surface area contributed by atoms with E-state index in [4.69, 9.17) is 9.97 Å². The third kappa shape index (κ3) is 4.26. The van der Waals surface area contributed by atoms with Crippen LogP contribution in [0.15, 0.2) is 115 Å². The molecule has 1 atom stereocenters. The van der Waals surface area contributed by atoms with Crippen molar-refractivity contribution < 1.29 is 0 Å². The van der Waals surface area contributed by atoms with Crippen molar-refractivity contribution in [2.75, 3.05) is 0 Å². The van der Waals surface area contributed by atoms with E-state index in [0.29, 0.717) is 5.92 Å². The lowest BCUT2D eigenvalue weighted by molar-refractivity contribution is 0.584. The molecule has 0 bridgehead atoms. The standard InChI is InChI=1S/C43H35N3/c1-26-7-6-8-32(21-26)46-40-10-5-4-9-33(40)38-24-31(17-20-41(38)46)29-13-15-30(16-14-29)39-25-44-42-34-18-11-27(2)22-36(34)37-23-28(3)12-19-35(37)43(42)45-39/h4-5,9-26H,6-8H2,1-3H3. The van der Waals surface area contributed by atoms with Crippen molar-refractivity contribution in [3.63, 3.8) is 0 Å². The summed E-state index contributed by atoms with van der Waals surface area (Å²) in [4.78, 5) is 10.2. The van der Waals surface area contributed by atoms with Gasteiger partial charge in [-0.3, -0.25) is 4.98 Å². The van der Waals surface area contributed by atoms with Gasteiger partial charge < -0.3 is 4.57 Å². The fourth-order valence-electron chi connectivity index (χ4n) is 7.67. The topological polar surface area (TPSA) is 30.7 Å². The second-order valence-corrected chi connectivity index (χ2v) is 13.2. The number of allylic oxidation sites excluding steroid dienone is 2. The number of rotatable bonds is 3. The third-order valence-corrected chi connectivity index (χ3v) is 9.97. The number of aryl methyl sites for hydroxylation is 2. The Morgan fingerprint density at radius 2 is 1.28 bits per heavy atom. The Balaban J connectivity index is 1.14. The highest BCUT2D eigenvalue weighted by molar-refractivity contribution is 6.23. The fraction of sp³-hybridized carbons (Fsp3) is 0.163. The van der Waals surface area contributed by atoms with Gasteiger partial charge in [-0.05, 0) is 79.1 Å². The van der Waals surface area contributed by atoms with Crippen LogP contribution in [-0.2, 0) is 0 Å². The molecule has 46 heavy (non-hydrogen) atoms. The molecule has 6 aromatic carbocycles. The first-order valence-electron chi connectivity index (χ1n) is 16.5. The zero-order valence-corrected chi connectivity index (χ0v) is 26.5. The molecule has 0 saturated heterocycles. The zero-order chi connectivity index (χ0) is 30.9. The van der Waals surface area contributed by atoms with Gasteiger partial charge in [-0.2, -0.15) is 0 Å². The summed E-state index contributed by atoms with van der Waals surface area (Å²) in [5.41, 5.74) is 12.8. The molecule has 0 amide bonds. The molecule has 0 aliphatic heterocycles. The molecule has 0 fully saturated rings. The van der Waals surface area contributed by atoms with Crippen LogP contribution in [-0.4, -0.2) is 14.5 Å². The van der Waals surface area contributed by atoms with Gasteiger partial charge in [-0.1, -0.05) is 109 Å². The van der Waals surface area contributed by atoms with Gasteiger partial charge in [0, 0.05) is 32.8 Å². The molecule has 8 aromatic rings. The van der Waals surface area contributed by atoms with Crippen molar-refractivity contribution in [1.29, 1.82) is 0 Å². The molecule has 2 aromatic heterocycles. The van der Waals surface area contributed by atoms with Crippen LogP contribution >= 0.6 is 0 Å². The Morgan fingerprint density at radius 1 is 0.609 bits per heavy atom. The van der Waals surface area contributed by atoms with Crippen LogP contribution < -0.4 is 0 Å². The van der Waals surface area contributed by atoms with Gasteiger partial charge in [0.1, 0.15) is 0 Å². The molecule has 2 heterocycles.